The van der Waals surface area contributed by atoms with Gasteiger partial charge >= 0.3 is 0 Å². The number of primary sulfonamides is 1. The van der Waals surface area contributed by atoms with Gasteiger partial charge in [-0.1, -0.05) is 11.6 Å². The van der Waals surface area contributed by atoms with Crippen LogP contribution in [0.2, 0.25) is 5.02 Å². The van der Waals surface area contributed by atoms with E-state index in [0.29, 0.717) is 15.1 Å². The summed E-state index contributed by atoms with van der Waals surface area (Å²) in [5.41, 5.74) is 0.538. The van der Waals surface area contributed by atoms with Gasteiger partial charge in [-0.15, -0.1) is 0 Å². The number of sulfonamides is 1. The second-order valence-corrected chi connectivity index (χ2v) is 5.37. The summed E-state index contributed by atoms with van der Waals surface area (Å²) in [6.45, 7) is 1.64. The quantitative estimate of drug-likeness (QED) is 0.858. The largest absolute Gasteiger partial charge is 0.238 e. The number of aryl methyl sites for hydroxylation is 1. The fourth-order valence-corrected chi connectivity index (χ4v) is 2.44. The molecule has 0 atom stereocenters. The van der Waals surface area contributed by atoms with Crippen molar-refractivity contribution in [3.05, 3.63) is 27.2 Å². The van der Waals surface area contributed by atoms with Crippen LogP contribution in [0, 0.1) is 6.92 Å². The topological polar surface area (TPSA) is 60.2 Å². The van der Waals surface area contributed by atoms with Crippen LogP contribution < -0.4 is 5.14 Å². The first kappa shape index (κ1) is 11.0. The maximum absolute atomic E-state index is 11.0. The zero-order valence-electron chi connectivity index (χ0n) is 6.71. The molecule has 1 rings (SSSR count). The second-order valence-electron chi connectivity index (χ2n) is 2.58. The van der Waals surface area contributed by atoms with Crippen molar-refractivity contribution in [3.8, 4) is 0 Å². The predicted octanol–water partition coefficient (Wildman–Crippen LogP) is 2.06. The first-order valence-corrected chi connectivity index (χ1v) is 6.02. The third-order valence-corrected chi connectivity index (χ3v) is 3.77. The molecule has 0 aliphatic carbocycles. The fraction of sp³-hybridized carbons (Fsp3) is 0.143. The molecule has 0 radical (unpaired) electrons. The predicted molar refractivity (Wildman–Crippen MR) is 55.3 cm³/mol. The summed E-state index contributed by atoms with van der Waals surface area (Å²) in [5.74, 6) is 0. The molecule has 2 N–H and O–H groups in total. The maximum atomic E-state index is 11.0. The summed E-state index contributed by atoms with van der Waals surface area (Å²) >= 11 is 8.87. The van der Waals surface area contributed by atoms with Gasteiger partial charge in [-0.25, -0.2) is 13.6 Å². The molecule has 0 bridgehead atoms. The van der Waals surface area contributed by atoms with E-state index in [9.17, 15) is 8.42 Å². The van der Waals surface area contributed by atoms with Gasteiger partial charge in [0, 0.05) is 4.47 Å². The van der Waals surface area contributed by atoms with Gasteiger partial charge < -0.3 is 0 Å². The number of benzene rings is 1. The maximum Gasteiger partial charge on any atom is 0.238 e. The van der Waals surface area contributed by atoms with Crippen LogP contribution in [0.4, 0.5) is 0 Å². The van der Waals surface area contributed by atoms with Crippen molar-refractivity contribution in [2.75, 3.05) is 0 Å². The van der Waals surface area contributed by atoms with Crippen molar-refractivity contribution in [3.63, 3.8) is 0 Å². The number of hydrogen-bond donors (Lipinski definition) is 1. The van der Waals surface area contributed by atoms with E-state index in [1.54, 1.807) is 13.0 Å². The van der Waals surface area contributed by atoms with Crippen LogP contribution >= 0.6 is 27.5 Å². The van der Waals surface area contributed by atoms with Crippen molar-refractivity contribution in [2.45, 2.75) is 11.8 Å². The van der Waals surface area contributed by atoms with Gasteiger partial charge in [0.05, 0.1) is 9.92 Å². The lowest BCUT2D eigenvalue weighted by Gasteiger charge is -2.04. The summed E-state index contributed by atoms with van der Waals surface area (Å²) in [6, 6.07) is 2.94. The zero-order valence-corrected chi connectivity index (χ0v) is 9.87. The third kappa shape index (κ3) is 2.43. The van der Waals surface area contributed by atoms with Crippen molar-refractivity contribution in [2.24, 2.45) is 5.14 Å². The molecule has 0 saturated heterocycles. The van der Waals surface area contributed by atoms with E-state index in [-0.39, 0.29) is 4.90 Å². The minimum Gasteiger partial charge on any atom is -0.225 e. The molecule has 1 aromatic rings. The zero-order chi connectivity index (χ0) is 10.2. The van der Waals surface area contributed by atoms with E-state index in [0.717, 1.165) is 0 Å². The van der Waals surface area contributed by atoms with Crippen LogP contribution in [-0.4, -0.2) is 8.42 Å². The lowest BCUT2D eigenvalue weighted by Crippen LogP contribution is -2.13. The Hall–Kier alpha value is -0.100. The van der Waals surface area contributed by atoms with Gasteiger partial charge in [0.1, 0.15) is 0 Å². The molecule has 0 aliphatic heterocycles. The Morgan fingerprint density at radius 1 is 1.46 bits per heavy atom. The SMILES string of the molecule is Cc1cc(Cl)c(Br)cc1S(N)(=O)=O. The van der Waals surface area contributed by atoms with Gasteiger partial charge in [-0.3, -0.25) is 0 Å². The summed E-state index contributed by atoms with van der Waals surface area (Å²) in [7, 11) is -3.66. The van der Waals surface area contributed by atoms with Crippen molar-refractivity contribution in [1.82, 2.24) is 0 Å². The van der Waals surface area contributed by atoms with Crippen molar-refractivity contribution in [1.29, 1.82) is 0 Å². The Morgan fingerprint density at radius 2 is 2.00 bits per heavy atom. The highest BCUT2D eigenvalue weighted by molar-refractivity contribution is 9.10. The minimum absolute atomic E-state index is 0.0868. The summed E-state index contributed by atoms with van der Waals surface area (Å²) in [4.78, 5) is 0.0868. The average Bonchev–Trinajstić information content (AvgIpc) is 1.94. The molecule has 0 fully saturated rings. The standard InChI is InChI=1S/C7H7BrClNO2S/c1-4-2-6(9)5(8)3-7(4)13(10,11)12/h2-3H,1H3,(H2,10,11,12). The number of nitrogens with two attached hydrogens (primary N) is 1. The summed E-state index contributed by atoms with van der Waals surface area (Å²) in [5, 5.41) is 5.45. The van der Waals surface area contributed by atoms with E-state index in [1.165, 1.54) is 6.07 Å². The molecule has 1 aromatic carbocycles. The summed E-state index contributed by atoms with van der Waals surface area (Å²) < 4.78 is 22.6. The lowest BCUT2D eigenvalue weighted by atomic mass is 10.2. The van der Waals surface area contributed by atoms with E-state index in [4.69, 9.17) is 16.7 Å². The highest BCUT2D eigenvalue weighted by atomic mass is 79.9. The van der Waals surface area contributed by atoms with Gasteiger partial charge in [0.25, 0.3) is 0 Å². The molecular formula is C7H7BrClNO2S. The number of rotatable bonds is 1. The second kappa shape index (κ2) is 3.57. The number of hydrogen-bond acceptors (Lipinski definition) is 2. The molecule has 72 valence electrons. The van der Waals surface area contributed by atoms with E-state index < -0.39 is 10.0 Å². The van der Waals surface area contributed by atoms with E-state index >= 15 is 0 Å². The molecule has 0 amide bonds. The fourth-order valence-electron chi connectivity index (χ4n) is 0.935. The van der Waals surface area contributed by atoms with Gasteiger partial charge in [-0.2, -0.15) is 0 Å². The Morgan fingerprint density at radius 3 is 2.46 bits per heavy atom. The lowest BCUT2D eigenvalue weighted by molar-refractivity contribution is 0.597. The Kier molecular flexibility index (Phi) is 3.01. The molecule has 0 saturated carbocycles. The van der Waals surface area contributed by atoms with Crippen LogP contribution in [0.25, 0.3) is 0 Å². The third-order valence-electron chi connectivity index (χ3n) is 1.52. The first-order valence-electron chi connectivity index (χ1n) is 3.31. The minimum atomic E-state index is -3.66. The van der Waals surface area contributed by atoms with E-state index in [2.05, 4.69) is 15.9 Å². The molecule has 0 unspecified atom stereocenters. The van der Waals surface area contributed by atoms with Gasteiger partial charge in [-0.05, 0) is 40.5 Å². The molecule has 3 nitrogen and oxygen atoms in total. The summed E-state index contributed by atoms with van der Waals surface area (Å²) in [6.07, 6.45) is 0. The van der Waals surface area contributed by atoms with Crippen LogP contribution in [0.15, 0.2) is 21.5 Å². The average molecular weight is 285 g/mol. The van der Waals surface area contributed by atoms with Crippen molar-refractivity contribution >= 4 is 37.6 Å². The Labute approximate surface area is 90.1 Å². The molecule has 0 heterocycles. The van der Waals surface area contributed by atoms with E-state index in [1.807, 2.05) is 0 Å². The Bertz CT molecular complexity index is 444. The number of halogens is 2. The molecular weight excluding hydrogens is 278 g/mol. The highest BCUT2D eigenvalue weighted by Crippen LogP contribution is 2.27. The molecule has 6 heteroatoms. The highest BCUT2D eigenvalue weighted by Gasteiger charge is 2.13. The smallest absolute Gasteiger partial charge is 0.225 e. The van der Waals surface area contributed by atoms with Crippen molar-refractivity contribution < 1.29 is 8.42 Å². The molecule has 0 aromatic heterocycles. The van der Waals surface area contributed by atoms with Gasteiger partial charge in [0.2, 0.25) is 10.0 Å². The first-order chi connectivity index (χ1) is 5.82. The van der Waals surface area contributed by atoms with Crippen LogP contribution in [0.3, 0.4) is 0 Å². The van der Waals surface area contributed by atoms with Crippen LogP contribution in [-0.2, 0) is 10.0 Å². The monoisotopic (exact) mass is 283 g/mol. The van der Waals surface area contributed by atoms with Gasteiger partial charge in [0.15, 0.2) is 0 Å². The Balaban J connectivity index is 3.50. The molecule has 0 spiro atoms. The molecule has 13 heavy (non-hydrogen) atoms. The normalized spacial score (nSPS) is 11.7. The molecule has 0 aliphatic rings. The van der Waals surface area contributed by atoms with Crippen LogP contribution in [0.1, 0.15) is 5.56 Å². The van der Waals surface area contributed by atoms with Crippen LogP contribution in [0.5, 0.6) is 0 Å².